The van der Waals surface area contributed by atoms with Gasteiger partial charge in [0.1, 0.15) is 17.1 Å². The predicted octanol–water partition coefficient (Wildman–Crippen LogP) is 8.35. The van der Waals surface area contributed by atoms with Crippen LogP contribution in [0.3, 0.4) is 0 Å². The summed E-state index contributed by atoms with van der Waals surface area (Å²) in [6.07, 6.45) is 19.2. The van der Waals surface area contributed by atoms with Gasteiger partial charge in [0, 0.05) is 17.2 Å². The molecule has 1 saturated carbocycles. The van der Waals surface area contributed by atoms with E-state index in [0.717, 1.165) is 35.0 Å². The van der Waals surface area contributed by atoms with Crippen LogP contribution in [0, 0.1) is 11.8 Å². The van der Waals surface area contributed by atoms with Crippen LogP contribution in [0.15, 0.2) is 48.5 Å². The first-order chi connectivity index (χ1) is 19.0. The third-order valence-corrected chi connectivity index (χ3v) is 9.61. The molecule has 0 aromatic heterocycles. The van der Waals surface area contributed by atoms with E-state index in [-0.39, 0.29) is 0 Å². The number of methoxy groups -OCH3 is 2. The monoisotopic (exact) mass is 535 g/mol. The lowest BCUT2D eigenvalue weighted by Crippen LogP contribution is -2.38. The summed E-state index contributed by atoms with van der Waals surface area (Å²) < 4.78 is 11.6. The average Bonchev–Trinajstić information content (AvgIpc) is 2.95. The Hall–Kier alpha value is -2.04. The SMILES string of the molecule is COc1ccccc1C(O)(CC1CC2CCCCCCCCCCN(C)C(CCC2)C1)c1ccccc1OC. The van der Waals surface area contributed by atoms with Crippen LogP contribution in [0.4, 0.5) is 0 Å². The Morgan fingerprint density at radius 3 is 1.87 bits per heavy atom. The summed E-state index contributed by atoms with van der Waals surface area (Å²) in [5.74, 6) is 2.62. The van der Waals surface area contributed by atoms with Crippen LogP contribution >= 0.6 is 0 Å². The third kappa shape index (κ3) is 8.01. The predicted molar refractivity (Wildman–Crippen MR) is 162 cm³/mol. The van der Waals surface area contributed by atoms with Gasteiger partial charge in [-0.3, -0.25) is 0 Å². The maximum Gasteiger partial charge on any atom is 0.125 e. The van der Waals surface area contributed by atoms with Crippen LogP contribution in [0.25, 0.3) is 0 Å². The molecule has 2 aromatic rings. The van der Waals surface area contributed by atoms with Crippen molar-refractivity contribution in [3.8, 4) is 11.5 Å². The van der Waals surface area contributed by atoms with E-state index in [4.69, 9.17) is 9.47 Å². The number of aliphatic hydroxyl groups is 1. The average molecular weight is 536 g/mol. The topological polar surface area (TPSA) is 41.9 Å². The molecule has 0 amide bonds. The van der Waals surface area contributed by atoms with Crippen molar-refractivity contribution in [2.24, 2.45) is 11.8 Å². The van der Waals surface area contributed by atoms with Crippen LogP contribution in [0.2, 0.25) is 0 Å². The molecule has 2 aliphatic heterocycles. The Morgan fingerprint density at radius 2 is 1.26 bits per heavy atom. The van der Waals surface area contributed by atoms with Crippen LogP contribution in [-0.2, 0) is 5.60 Å². The first-order valence-electron chi connectivity index (χ1n) is 15.7. The molecule has 3 unspecified atom stereocenters. The van der Waals surface area contributed by atoms with Crippen molar-refractivity contribution < 1.29 is 14.6 Å². The van der Waals surface area contributed by atoms with E-state index in [9.17, 15) is 5.11 Å². The summed E-state index contributed by atoms with van der Waals surface area (Å²) in [5.41, 5.74) is 0.475. The van der Waals surface area contributed by atoms with E-state index in [1.165, 1.54) is 90.0 Å². The second-order valence-electron chi connectivity index (χ2n) is 12.4. The minimum absolute atomic E-state index is 0.412. The van der Waals surface area contributed by atoms with Gasteiger partial charge in [-0.1, -0.05) is 101 Å². The summed E-state index contributed by atoms with van der Waals surface area (Å²) >= 11 is 0. The van der Waals surface area contributed by atoms with Gasteiger partial charge >= 0.3 is 0 Å². The number of rotatable bonds is 6. The van der Waals surface area contributed by atoms with Gasteiger partial charge in [-0.05, 0) is 69.7 Å². The number of hydrogen-bond acceptors (Lipinski definition) is 4. The maximum atomic E-state index is 12.8. The van der Waals surface area contributed by atoms with Crippen LogP contribution in [-0.4, -0.2) is 43.9 Å². The van der Waals surface area contributed by atoms with Crippen molar-refractivity contribution >= 4 is 0 Å². The number of para-hydroxylation sites is 2. The van der Waals surface area contributed by atoms with E-state index < -0.39 is 5.60 Å². The standard InChI is InChI=1S/C35H53NO3/c1-36-24-15-9-7-5-4-6-8-10-17-28-18-16-19-30(36)26-29(25-28)27-35(37,31-20-11-13-22-33(31)38-2)32-21-12-14-23-34(32)39-3/h11-14,20-23,28-30,37H,4-10,15-19,24-27H2,1-3H3. The van der Waals surface area contributed by atoms with Gasteiger partial charge in [0.05, 0.1) is 14.2 Å². The van der Waals surface area contributed by atoms with Gasteiger partial charge in [0.2, 0.25) is 0 Å². The van der Waals surface area contributed by atoms with Gasteiger partial charge < -0.3 is 19.5 Å². The molecule has 4 nitrogen and oxygen atoms in total. The lowest BCUT2D eigenvalue weighted by Gasteiger charge is -2.40. The molecule has 2 aromatic carbocycles. The molecular formula is C35H53NO3. The zero-order valence-electron chi connectivity index (χ0n) is 24.9. The highest BCUT2D eigenvalue weighted by atomic mass is 16.5. The van der Waals surface area contributed by atoms with Crippen molar-refractivity contribution in [1.82, 2.24) is 4.90 Å². The van der Waals surface area contributed by atoms with E-state index >= 15 is 0 Å². The lowest BCUT2D eigenvalue weighted by molar-refractivity contribution is 0.0306. The number of benzene rings is 2. The summed E-state index contributed by atoms with van der Waals surface area (Å²) in [6, 6.07) is 16.6. The quantitative estimate of drug-likeness (QED) is 0.404. The first-order valence-corrected chi connectivity index (χ1v) is 15.7. The highest BCUT2D eigenvalue weighted by molar-refractivity contribution is 5.49. The molecule has 0 radical (unpaired) electrons. The highest BCUT2D eigenvalue weighted by Gasteiger charge is 2.40. The Morgan fingerprint density at radius 1 is 0.718 bits per heavy atom. The van der Waals surface area contributed by atoms with Crippen LogP contribution < -0.4 is 9.47 Å². The summed E-state index contributed by atoms with van der Waals surface area (Å²) in [4.78, 5) is 2.64. The molecule has 0 spiro atoms. The van der Waals surface area contributed by atoms with Crippen molar-refractivity contribution in [2.45, 2.75) is 108 Å². The first kappa shape index (κ1) is 29.9. The van der Waals surface area contributed by atoms with E-state index in [1.807, 2.05) is 48.5 Å². The fourth-order valence-electron chi connectivity index (χ4n) is 7.45. The molecule has 39 heavy (non-hydrogen) atoms. The molecule has 216 valence electrons. The Labute approximate surface area is 238 Å². The molecule has 2 heterocycles. The second kappa shape index (κ2) is 15.1. The molecule has 1 aliphatic carbocycles. The fourth-order valence-corrected chi connectivity index (χ4v) is 7.45. The molecule has 2 bridgehead atoms. The Bertz CT molecular complexity index is 944. The zero-order valence-corrected chi connectivity index (χ0v) is 24.9. The molecule has 1 N–H and O–H groups in total. The molecule has 3 atom stereocenters. The van der Waals surface area contributed by atoms with Crippen molar-refractivity contribution in [3.05, 3.63) is 59.7 Å². The maximum absolute atomic E-state index is 12.8. The Balaban J connectivity index is 1.69. The summed E-state index contributed by atoms with van der Waals surface area (Å²) in [7, 11) is 5.75. The molecule has 4 heteroatoms. The molecule has 5 rings (SSSR count). The van der Waals surface area contributed by atoms with E-state index in [0.29, 0.717) is 18.4 Å². The normalized spacial score (nSPS) is 24.7. The van der Waals surface area contributed by atoms with Crippen molar-refractivity contribution in [3.63, 3.8) is 0 Å². The number of fused-ring (bicyclic) bond motifs is 14. The lowest BCUT2D eigenvalue weighted by atomic mass is 9.72. The Kier molecular flexibility index (Phi) is 11.6. The zero-order chi connectivity index (χ0) is 27.5. The number of ether oxygens (including phenoxy) is 2. The largest absolute Gasteiger partial charge is 0.496 e. The molecule has 3 aliphatic rings. The van der Waals surface area contributed by atoms with Crippen LogP contribution in [0.1, 0.15) is 107 Å². The van der Waals surface area contributed by atoms with Crippen molar-refractivity contribution in [1.29, 1.82) is 0 Å². The van der Waals surface area contributed by atoms with E-state index in [1.54, 1.807) is 14.2 Å². The number of nitrogens with zero attached hydrogens (tertiary/aromatic N) is 1. The minimum Gasteiger partial charge on any atom is -0.496 e. The van der Waals surface area contributed by atoms with Gasteiger partial charge in [-0.25, -0.2) is 0 Å². The van der Waals surface area contributed by atoms with Gasteiger partial charge in [-0.15, -0.1) is 0 Å². The highest BCUT2D eigenvalue weighted by Crippen LogP contribution is 2.47. The second-order valence-corrected chi connectivity index (χ2v) is 12.4. The molecular weight excluding hydrogens is 482 g/mol. The third-order valence-electron chi connectivity index (χ3n) is 9.61. The van der Waals surface area contributed by atoms with Gasteiger partial charge in [0.15, 0.2) is 0 Å². The molecule has 2 saturated heterocycles. The summed E-state index contributed by atoms with van der Waals surface area (Å²) in [6.45, 7) is 1.18. The molecule has 3 fully saturated rings. The van der Waals surface area contributed by atoms with Gasteiger partial charge in [-0.2, -0.15) is 0 Å². The van der Waals surface area contributed by atoms with Crippen molar-refractivity contribution in [2.75, 3.05) is 27.8 Å². The number of hydrogen-bond donors (Lipinski definition) is 1. The minimum atomic E-state index is -1.20. The van der Waals surface area contributed by atoms with Gasteiger partial charge in [0.25, 0.3) is 0 Å². The van der Waals surface area contributed by atoms with E-state index in [2.05, 4.69) is 11.9 Å². The van der Waals surface area contributed by atoms with Crippen LogP contribution in [0.5, 0.6) is 11.5 Å². The summed E-state index contributed by atoms with van der Waals surface area (Å²) in [5, 5.41) is 12.8. The fraction of sp³-hybridized carbons (Fsp3) is 0.657. The smallest absolute Gasteiger partial charge is 0.125 e.